The van der Waals surface area contributed by atoms with Gasteiger partial charge in [-0.15, -0.1) is 12.4 Å². The van der Waals surface area contributed by atoms with Gasteiger partial charge in [0.25, 0.3) is 0 Å². The molecule has 5 rings (SSSR count). The van der Waals surface area contributed by atoms with E-state index in [4.69, 9.17) is 4.74 Å². The second kappa shape index (κ2) is 7.95. The highest BCUT2D eigenvalue weighted by molar-refractivity contribution is 5.87. The van der Waals surface area contributed by atoms with Crippen LogP contribution in [0, 0.1) is 11.8 Å². The van der Waals surface area contributed by atoms with Gasteiger partial charge in [-0.2, -0.15) is 0 Å². The van der Waals surface area contributed by atoms with E-state index >= 15 is 0 Å². The Bertz CT molecular complexity index is 845. The molecule has 2 nitrogen and oxygen atoms in total. The minimum absolute atomic E-state index is 0. The predicted molar refractivity (Wildman–Crippen MR) is 115 cm³/mol. The predicted octanol–water partition coefficient (Wildman–Crippen LogP) is 5.56. The van der Waals surface area contributed by atoms with Gasteiger partial charge in [-0.3, -0.25) is 4.90 Å². The molecular formula is C24H30ClNO. The maximum absolute atomic E-state index is 5.48. The zero-order valence-corrected chi connectivity index (χ0v) is 17.0. The van der Waals surface area contributed by atoms with Gasteiger partial charge in [0.05, 0.1) is 6.61 Å². The molecule has 3 aliphatic rings. The average molecular weight is 384 g/mol. The van der Waals surface area contributed by atoms with E-state index in [2.05, 4.69) is 47.4 Å². The molecule has 2 aliphatic carbocycles. The summed E-state index contributed by atoms with van der Waals surface area (Å²) in [5.41, 5.74) is 4.92. The molecule has 2 aromatic rings. The van der Waals surface area contributed by atoms with Crippen molar-refractivity contribution in [2.45, 2.75) is 38.1 Å². The Labute approximate surface area is 169 Å². The number of benzene rings is 2. The molecule has 3 atom stereocenters. The number of fused-ring (bicyclic) bond motifs is 3. The number of hydrogen-bond acceptors (Lipinski definition) is 2. The van der Waals surface area contributed by atoms with Crippen molar-refractivity contribution in [3.8, 4) is 0 Å². The lowest BCUT2D eigenvalue weighted by Crippen LogP contribution is -2.35. The molecule has 2 fully saturated rings. The number of methoxy groups -OCH3 is 1. The van der Waals surface area contributed by atoms with Crippen molar-refractivity contribution in [2.24, 2.45) is 11.8 Å². The standard InChI is InChI=1S/C24H29NO.ClH/c1-26-16-22-7-4-12-25(22)15-23-19-9-11-21(14-19)24(23)20-10-8-17-5-2-3-6-18(17)13-20;/h2-3,5-6,8,10,13,19,21-22H,4,7,9,11-12,14-16H2,1H3;1H/t19?,21?,22-;/m0./s1. The fourth-order valence-corrected chi connectivity index (χ4v) is 5.74. The third-order valence-corrected chi connectivity index (χ3v) is 6.97. The smallest absolute Gasteiger partial charge is 0.0618 e. The van der Waals surface area contributed by atoms with E-state index in [0.29, 0.717) is 6.04 Å². The Balaban J connectivity index is 0.00000180. The summed E-state index contributed by atoms with van der Waals surface area (Å²) in [6, 6.07) is 16.5. The molecule has 0 radical (unpaired) electrons. The zero-order chi connectivity index (χ0) is 17.5. The van der Waals surface area contributed by atoms with E-state index in [1.807, 2.05) is 7.11 Å². The number of rotatable bonds is 5. The molecule has 0 aromatic heterocycles. The SMILES string of the molecule is COC[C@@H]1CCCN1CC1=C(c2ccc3ccccc3c2)C2CCC1C2.Cl. The second-order valence-corrected chi connectivity index (χ2v) is 8.43. The summed E-state index contributed by atoms with van der Waals surface area (Å²) >= 11 is 0. The van der Waals surface area contributed by atoms with Crippen molar-refractivity contribution in [1.29, 1.82) is 0 Å². The van der Waals surface area contributed by atoms with Crippen LogP contribution in [-0.4, -0.2) is 37.7 Å². The first-order chi connectivity index (χ1) is 12.8. The highest BCUT2D eigenvalue weighted by Gasteiger charge is 2.40. The number of likely N-dealkylation sites (tertiary alicyclic amines) is 1. The van der Waals surface area contributed by atoms with Crippen LogP contribution in [0.1, 0.15) is 37.7 Å². The second-order valence-electron chi connectivity index (χ2n) is 8.43. The van der Waals surface area contributed by atoms with Gasteiger partial charge in [0.15, 0.2) is 0 Å². The van der Waals surface area contributed by atoms with E-state index in [-0.39, 0.29) is 12.4 Å². The normalized spacial score (nSPS) is 27.5. The van der Waals surface area contributed by atoms with Crippen molar-refractivity contribution in [3.63, 3.8) is 0 Å². The molecule has 2 bridgehead atoms. The van der Waals surface area contributed by atoms with Gasteiger partial charge in [0, 0.05) is 19.7 Å². The van der Waals surface area contributed by atoms with Gasteiger partial charge in [0.2, 0.25) is 0 Å². The van der Waals surface area contributed by atoms with Crippen LogP contribution in [0.15, 0.2) is 48.0 Å². The first-order valence-electron chi connectivity index (χ1n) is 10.3. The molecule has 2 aromatic carbocycles. The van der Waals surface area contributed by atoms with Gasteiger partial charge < -0.3 is 4.74 Å². The Hall–Kier alpha value is -1.35. The summed E-state index contributed by atoms with van der Waals surface area (Å²) in [7, 11) is 1.84. The third-order valence-electron chi connectivity index (χ3n) is 6.97. The molecule has 27 heavy (non-hydrogen) atoms. The summed E-state index contributed by atoms with van der Waals surface area (Å²) < 4.78 is 5.48. The third kappa shape index (κ3) is 3.44. The lowest BCUT2D eigenvalue weighted by Gasteiger charge is -2.29. The van der Waals surface area contributed by atoms with E-state index in [0.717, 1.165) is 25.0 Å². The average Bonchev–Trinajstić information content (AvgIpc) is 3.39. The molecule has 1 aliphatic heterocycles. The summed E-state index contributed by atoms with van der Waals surface area (Å²) in [4.78, 5) is 2.70. The lowest BCUT2D eigenvalue weighted by atomic mass is 9.86. The van der Waals surface area contributed by atoms with Crippen LogP contribution in [0.25, 0.3) is 16.3 Å². The maximum atomic E-state index is 5.48. The van der Waals surface area contributed by atoms with Crippen LogP contribution >= 0.6 is 12.4 Å². The van der Waals surface area contributed by atoms with Crippen LogP contribution in [0.4, 0.5) is 0 Å². The first kappa shape index (κ1) is 19.0. The Morgan fingerprint density at radius 3 is 2.67 bits per heavy atom. The molecule has 3 heteroatoms. The van der Waals surface area contributed by atoms with Crippen LogP contribution in [-0.2, 0) is 4.74 Å². The summed E-state index contributed by atoms with van der Waals surface area (Å²) in [6.45, 7) is 3.28. The highest BCUT2D eigenvalue weighted by atomic mass is 35.5. The van der Waals surface area contributed by atoms with Crippen LogP contribution in [0.3, 0.4) is 0 Å². The van der Waals surface area contributed by atoms with Crippen molar-refractivity contribution in [3.05, 3.63) is 53.6 Å². The molecule has 1 heterocycles. The quantitative estimate of drug-likeness (QED) is 0.670. The topological polar surface area (TPSA) is 12.5 Å². The highest BCUT2D eigenvalue weighted by Crippen LogP contribution is 2.53. The van der Waals surface area contributed by atoms with Crippen molar-refractivity contribution < 1.29 is 4.74 Å². The molecule has 0 N–H and O–H groups in total. The summed E-state index contributed by atoms with van der Waals surface area (Å²) in [5.74, 6) is 1.62. The van der Waals surface area contributed by atoms with Crippen molar-refractivity contribution in [2.75, 3.05) is 26.8 Å². The molecular weight excluding hydrogens is 354 g/mol. The fourth-order valence-electron chi connectivity index (χ4n) is 5.74. The largest absolute Gasteiger partial charge is 0.383 e. The fraction of sp³-hybridized carbons (Fsp3) is 0.500. The van der Waals surface area contributed by atoms with Crippen molar-refractivity contribution >= 4 is 28.8 Å². The Kier molecular flexibility index (Phi) is 5.59. The van der Waals surface area contributed by atoms with Crippen molar-refractivity contribution in [1.82, 2.24) is 4.90 Å². The Morgan fingerprint density at radius 2 is 1.81 bits per heavy atom. The van der Waals surface area contributed by atoms with Gasteiger partial charge in [-0.25, -0.2) is 0 Å². The first-order valence-corrected chi connectivity index (χ1v) is 10.3. The van der Waals surface area contributed by atoms with E-state index in [1.54, 1.807) is 11.1 Å². The Morgan fingerprint density at radius 1 is 1.00 bits per heavy atom. The number of hydrogen-bond donors (Lipinski definition) is 0. The summed E-state index contributed by atoms with van der Waals surface area (Å²) in [5, 5.41) is 2.72. The maximum Gasteiger partial charge on any atom is 0.0618 e. The monoisotopic (exact) mass is 383 g/mol. The zero-order valence-electron chi connectivity index (χ0n) is 16.2. The van der Waals surface area contributed by atoms with Gasteiger partial charge in [0.1, 0.15) is 0 Å². The molecule has 0 spiro atoms. The van der Waals surface area contributed by atoms with Gasteiger partial charge >= 0.3 is 0 Å². The van der Waals surface area contributed by atoms with E-state index in [9.17, 15) is 0 Å². The summed E-state index contributed by atoms with van der Waals surface area (Å²) in [6.07, 6.45) is 6.79. The number of nitrogens with zero attached hydrogens (tertiary/aromatic N) is 1. The van der Waals surface area contributed by atoms with Crippen LogP contribution < -0.4 is 0 Å². The van der Waals surface area contributed by atoms with Gasteiger partial charge in [-0.05, 0) is 84.0 Å². The van der Waals surface area contributed by atoms with Crippen LogP contribution in [0.5, 0.6) is 0 Å². The number of ether oxygens (including phenoxy) is 1. The molecule has 0 amide bonds. The lowest BCUT2D eigenvalue weighted by molar-refractivity contribution is 0.119. The molecule has 2 unspecified atom stereocenters. The molecule has 144 valence electrons. The number of halogens is 1. The van der Waals surface area contributed by atoms with E-state index in [1.165, 1.54) is 55.0 Å². The molecule has 1 saturated heterocycles. The van der Waals surface area contributed by atoms with E-state index < -0.39 is 0 Å². The van der Waals surface area contributed by atoms with Gasteiger partial charge in [-0.1, -0.05) is 36.4 Å². The number of allylic oxidation sites excluding steroid dienone is 1. The molecule has 1 saturated carbocycles. The minimum Gasteiger partial charge on any atom is -0.383 e. The minimum atomic E-state index is 0. The van der Waals surface area contributed by atoms with Crippen LogP contribution in [0.2, 0.25) is 0 Å².